The van der Waals surface area contributed by atoms with Gasteiger partial charge in [0.1, 0.15) is 0 Å². The summed E-state index contributed by atoms with van der Waals surface area (Å²) >= 11 is 11.9. The number of rotatable bonds is 4. The molecular weight excluding hydrogens is 313 g/mol. The SMILES string of the molecule is COc1nc(-c2cccc(Cl)c2)n(C(=O)C(C)(C)CCl)n1. The third-order valence-electron chi connectivity index (χ3n) is 2.96. The van der Waals surface area contributed by atoms with Crippen LogP contribution in [0.3, 0.4) is 0 Å². The molecule has 0 bridgehead atoms. The van der Waals surface area contributed by atoms with E-state index in [4.69, 9.17) is 27.9 Å². The third kappa shape index (κ3) is 3.19. The lowest BCUT2D eigenvalue weighted by Gasteiger charge is -2.19. The van der Waals surface area contributed by atoms with Crippen LogP contribution < -0.4 is 4.74 Å². The van der Waals surface area contributed by atoms with Crippen LogP contribution in [-0.4, -0.2) is 33.7 Å². The molecule has 0 saturated heterocycles. The maximum Gasteiger partial charge on any atom is 0.336 e. The second kappa shape index (κ2) is 6.03. The summed E-state index contributed by atoms with van der Waals surface area (Å²) in [6.45, 7) is 3.50. The largest absolute Gasteiger partial charge is 0.466 e. The van der Waals surface area contributed by atoms with Crippen LogP contribution in [0.5, 0.6) is 6.01 Å². The van der Waals surface area contributed by atoms with Crippen LogP contribution in [0.4, 0.5) is 0 Å². The average molecular weight is 328 g/mol. The van der Waals surface area contributed by atoms with E-state index >= 15 is 0 Å². The number of carbonyl (C=O) groups is 1. The fourth-order valence-corrected chi connectivity index (χ4v) is 1.98. The molecule has 0 spiro atoms. The number of carbonyl (C=O) groups excluding carboxylic acids is 1. The Balaban J connectivity index is 2.56. The van der Waals surface area contributed by atoms with E-state index in [-0.39, 0.29) is 17.8 Å². The Hall–Kier alpha value is -1.59. The lowest BCUT2D eigenvalue weighted by molar-refractivity contribution is 0.0753. The number of benzene rings is 1. The van der Waals surface area contributed by atoms with Gasteiger partial charge in [0, 0.05) is 16.5 Å². The van der Waals surface area contributed by atoms with Gasteiger partial charge in [0.2, 0.25) is 0 Å². The standard InChI is InChI=1S/C14H15Cl2N3O2/c1-14(2,8-15)12(20)19-11(17-13(18-19)21-3)9-5-4-6-10(16)7-9/h4-7H,8H2,1-3H3. The van der Waals surface area contributed by atoms with Crippen LogP contribution in [0.15, 0.2) is 24.3 Å². The molecule has 1 aromatic carbocycles. The van der Waals surface area contributed by atoms with Crippen molar-refractivity contribution in [1.29, 1.82) is 0 Å². The van der Waals surface area contributed by atoms with E-state index < -0.39 is 5.41 Å². The minimum atomic E-state index is -0.770. The van der Waals surface area contributed by atoms with Gasteiger partial charge in [0.05, 0.1) is 12.5 Å². The summed E-state index contributed by atoms with van der Waals surface area (Å²) in [5.74, 6) is 0.282. The number of halogens is 2. The highest BCUT2D eigenvalue weighted by molar-refractivity contribution is 6.30. The molecule has 0 saturated carbocycles. The Labute approximate surface area is 132 Å². The molecule has 5 nitrogen and oxygen atoms in total. The van der Waals surface area contributed by atoms with E-state index in [1.165, 1.54) is 11.8 Å². The predicted molar refractivity (Wildman–Crippen MR) is 82.1 cm³/mol. The van der Waals surface area contributed by atoms with Crippen LogP contribution in [0.25, 0.3) is 11.4 Å². The summed E-state index contributed by atoms with van der Waals surface area (Å²) in [7, 11) is 1.44. The summed E-state index contributed by atoms with van der Waals surface area (Å²) in [6, 6.07) is 7.15. The van der Waals surface area contributed by atoms with Crippen LogP contribution in [0.1, 0.15) is 18.6 Å². The summed E-state index contributed by atoms with van der Waals surface area (Å²) in [6.07, 6.45) is 0. The number of methoxy groups -OCH3 is 1. The van der Waals surface area contributed by atoms with E-state index in [1.54, 1.807) is 38.1 Å². The molecule has 0 aliphatic heterocycles. The van der Waals surface area contributed by atoms with Gasteiger partial charge in [-0.2, -0.15) is 9.67 Å². The maximum atomic E-state index is 12.6. The van der Waals surface area contributed by atoms with Crippen molar-refractivity contribution in [3.63, 3.8) is 0 Å². The number of ether oxygens (including phenoxy) is 1. The number of nitrogens with zero attached hydrogens (tertiary/aromatic N) is 3. The molecule has 2 rings (SSSR count). The minimum Gasteiger partial charge on any atom is -0.466 e. The van der Waals surface area contributed by atoms with E-state index in [9.17, 15) is 4.79 Å². The summed E-state index contributed by atoms with van der Waals surface area (Å²) < 4.78 is 6.24. The number of hydrogen-bond acceptors (Lipinski definition) is 4. The van der Waals surface area contributed by atoms with Crippen LogP contribution in [0.2, 0.25) is 5.02 Å². The van der Waals surface area contributed by atoms with Gasteiger partial charge in [-0.3, -0.25) is 4.79 Å². The second-order valence-corrected chi connectivity index (χ2v) is 5.87. The monoisotopic (exact) mass is 327 g/mol. The van der Waals surface area contributed by atoms with Crippen molar-refractivity contribution < 1.29 is 9.53 Å². The lowest BCUT2D eigenvalue weighted by Crippen LogP contribution is -2.32. The zero-order chi connectivity index (χ0) is 15.6. The first-order chi connectivity index (χ1) is 9.89. The van der Waals surface area contributed by atoms with Crippen molar-refractivity contribution in [3.05, 3.63) is 29.3 Å². The first kappa shape index (κ1) is 15.8. The molecule has 0 unspecified atom stereocenters. The Morgan fingerprint density at radius 2 is 2.14 bits per heavy atom. The Morgan fingerprint density at radius 1 is 1.43 bits per heavy atom. The fraction of sp³-hybridized carbons (Fsp3) is 0.357. The molecule has 0 atom stereocenters. The van der Waals surface area contributed by atoms with Gasteiger partial charge in [-0.05, 0) is 26.0 Å². The first-order valence-electron chi connectivity index (χ1n) is 6.27. The van der Waals surface area contributed by atoms with Crippen LogP contribution in [0, 0.1) is 5.41 Å². The maximum absolute atomic E-state index is 12.6. The molecule has 0 fully saturated rings. The number of hydrogen-bond donors (Lipinski definition) is 0. The lowest BCUT2D eigenvalue weighted by atomic mass is 9.95. The smallest absolute Gasteiger partial charge is 0.336 e. The minimum absolute atomic E-state index is 0.115. The molecule has 0 aliphatic carbocycles. The molecule has 0 amide bonds. The highest BCUT2D eigenvalue weighted by Gasteiger charge is 2.31. The number of alkyl halides is 1. The fourth-order valence-electron chi connectivity index (χ4n) is 1.68. The molecule has 0 N–H and O–H groups in total. The van der Waals surface area contributed by atoms with Crippen LogP contribution >= 0.6 is 23.2 Å². The second-order valence-electron chi connectivity index (χ2n) is 5.17. The van der Waals surface area contributed by atoms with E-state index in [0.717, 1.165) is 0 Å². The zero-order valence-electron chi connectivity index (χ0n) is 11.9. The van der Waals surface area contributed by atoms with E-state index in [0.29, 0.717) is 16.4 Å². The van der Waals surface area contributed by atoms with Gasteiger partial charge in [0.25, 0.3) is 5.91 Å². The predicted octanol–water partition coefficient (Wildman–Crippen LogP) is 3.51. The third-order valence-corrected chi connectivity index (χ3v) is 3.86. The summed E-state index contributed by atoms with van der Waals surface area (Å²) in [4.78, 5) is 16.8. The van der Waals surface area contributed by atoms with Crippen LogP contribution in [-0.2, 0) is 0 Å². The van der Waals surface area contributed by atoms with Crippen molar-refractivity contribution in [2.24, 2.45) is 5.41 Å². The van der Waals surface area contributed by atoms with Gasteiger partial charge in [-0.15, -0.1) is 16.7 Å². The summed E-state index contributed by atoms with van der Waals surface area (Å²) in [5.41, 5.74) is -0.0924. The van der Waals surface area contributed by atoms with E-state index in [1.807, 2.05) is 0 Å². The molecule has 1 aromatic heterocycles. The molecule has 1 heterocycles. The Bertz CT molecular complexity index is 668. The quantitative estimate of drug-likeness (QED) is 0.806. The molecule has 0 aliphatic rings. The molecule has 21 heavy (non-hydrogen) atoms. The topological polar surface area (TPSA) is 57.0 Å². The summed E-state index contributed by atoms with van der Waals surface area (Å²) in [5, 5.41) is 4.63. The molecular formula is C14H15Cl2N3O2. The van der Waals surface area contributed by atoms with Crippen molar-refractivity contribution in [1.82, 2.24) is 14.8 Å². The highest BCUT2D eigenvalue weighted by atomic mass is 35.5. The molecule has 112 valence electrons. The van der Waals surface area contributed by atoms with Crippen molar-refractivity contribution in [2.75, 3.05) is 13.0 Å². The average Bonchev–Trinajstić information content (AvgIpc) is 2.90. The Morgan fingerprint density at radius 3 is 2.71 bits per heavy atom. The van der Waals surface area contributed by atoms with Gasteiger partial charge in [0.15, 0.2) is 5.82 Å². The highest BCUT2D eigenvalue weighted by Crippen LogP contribution is 2.27. The normalized spacial score (nSPS) is 11.5. The van der Waals surface area contributed by atoms with Crippen molar-refractivity contribution >= 4 is 29.1 Å². The Kier molecular flexibility index (Phi) is 4.54. The van der Waals surface area contributed by atoms with Crippen molar-refractivity contribution in [3.8, 4) is 17.4 Å². The zero-order valence-corrected chi connectivity index (χ0v) is 13.4. The first-order valence-corrected chi connectivity index (χ1v) is 7.18. The van der Waals surface area contributed by atoms with Gasteiger partial charge < -0.3 is 4.74 Å². The van der Waals surface area contributed by atoms with Gasteiger partial charge in [-0.1, -0.05) is 23.7 Å². The van der Waals surface area contributed by atoms with E-state index in [2.05, 4.69) is 10.1 Å². The molecule has 2 aromatic rings. The molecule has 7 heteroatoms. The van der Waals surface area contributed by atoms with Gasteiger partial charge in [-0.25, -0.2) is 0 Å². The number of aromatic nitrogens is 3. The van der Waals surface area contributed by atoms with Crippen molar-refractivity contribution in [2.45, 2.75) is 13.8 Å². The molecule has 0 radical (unpaired) electrons. The van der Waals surface area contributed by atoms with Gasteiger partial charge >= 0.3 is 6.01 Å².